The minimum absolute atomic E-state index is 0.664. The van der Waals surface area contributed by atoms with Crippen LogP contribution in [0.3, 0.4) is 0 Å². The molecule has 3 nitrogen and oxygen atoms in total. The van der Waals surface area contributed by atoms with Gasteiger partial charge in [0.15, 0.2) is 0 Å². The van der Waals surface area contributed by atoms with Crippen LogP contribution in [0, 0.1) is 6.92 Å². The first-order valence-electron chi connectivity index (χ1n) is 4.32. The largest absolute Gasteiger partial charge is 0.396 e. The van der Waals surface area contributed by atoms with Gasteiger partial charge in [-0.05, 0) is 6.92 Å². The van der Waals surface area contributed by atoms with E-state index in [0.717, 1.165) is 17.9 Å². The van der Waals surface area contributed by atoms with Crippen molar-refractivity contribution in [3.05, 3.63) is 17.7 Å². The number of aromatic nitrogens is 2. The number of hydrogen-bond donors (Lipinski definition) is 1. The first kappa shape index (κ1) is 10.9. The molecule has 1 aromatic heterocycles. The molecule has 0 bridgehead atoms. The molecule has 0 aromatic carbocycles. The summed E-state index contributed by atoms with van der Waals surface area (Å²) in [5.41, 5.74) is 7.05. The highest BCUT2D eigenvalue weighted by Crippen LogP contribution is 2.04. The number of rotatable bonds is 1. The summed E-state index contributed by atoms with van der Waals surface area (Å²) in [4.78, 5) is 8.18. The van der Waals surface area contributed by atoms with Crippen LogP contribution in [0.15, 0.2) is 6.20 Å². The van der Waals surface area contributed by atoms with Gasteiger partial charge in [-0.1, -0.05) is 20.8 Å². The fourth-order valence-corrected chi connectivity index (χ4v) is 0.695. The molecule has 12 heavy (non-hydrogen) atoms. The van der Waals surface area contributed by atoms with Crippen molar-refractivity contribution in [1.29, 1.82) is 0 Å². The minimum Gasteiger partial charge on any atom is -0.396 e. The van der Waals surface area contributed by atoms with Crippen LogP contribution in [-0.2, 0) is 6.42 Å². The molecule has 0 saturated carbocycles. The molecule has 0 spiro atoms. The maximum absolute atomic E-state index is 5.52. The van der Waals surface area contributed by atoms with Crippen molar-refractivity contribution in [1.82, 2.24) is 9.97 Å². The number of nitrogens with zero attached hydrogens (tertiary/aromatic N) is 2. The second kappa shape index (κ2) is 5.52. The van der Waals surface area contributed by atoms with Crippen LogP contribution in [0.4, 0.5) is 5.69 Å². The quantitative estimate of drug-likeness (QED) is 0.695. The van der Waals surface area contributed by atoms with Crippen molar-refractivity contribution in [3.8, 4) is 0 Å². The second-order valence-corrected chi connectivity index (χ2v) is 2.18. The smallest absolute Gasteiger partial charge is 0.128 e. The van der Waals surface area contributed by atoms with Crippen LogP contribution in [-0.4, -0.2) is 9.97 Å². The number of anilines is 1. The van der Waals surface area contributed by atoms with Gasteiger partial charge < -0.3 is 5.73 Å². The van der Waals surface area contributed by atoms with Gasteiger partial charge in [0, 0.05) is 6.42 Å². The summed E-state index contributed by atoms with van der Waals surface area (Å²) < 4.78 is 0. The van der Waals surface area contributed by atoms with Crippen LogP contribution < -0.4 is 5.73 Å². The van der Waals surface area contributed by atoms with E-state index in [0.29, 0.717) is 5.69 Å². The van der Waals surface area contributed by atoms with Crippen LogP contribution >= 0.6 is 0 Å². The molecule has 68 valence electrons. The van der Waals surface area contributed by atoms with E-state index >= 15 is 0 Å². The zero-order valence-corrected chi connectivity index (χ0v) is 8.26. The highest BCUT2D eigenvalue weighted by atomic mass is 14.9. The SMILES string of the molecule is CC.CCc1ncc(N)c(C)n1. The Hall–Kier alpha value is -1.12. The molecule has 0 aliphatic rings. The van der Waals surface area contributed by atoms with Crippen LogP contribution in [0.25, 0.3) is 0 Å². The zero-order valence-electron chi connectivity index (χ0n) is 8.26. The molecule has 0 radical (unpaired) electrons. The van der Waals surface area contributed by atoms with Gasteiger partial charge in [-0.15, -0.1) is 0 Å². The van der Waals surface area contributed by atoms with Gasteiger partial charge in [-0.25, -0.2) is 9.97 Å². The summed E-state index contributed by atoms with van der Waals surface area (Å²) in [6.45, 7) is 7.90. The molecule has 0 aliphatic heterocycles. The topological polar surface area (TPSA) is 51.8 Å². The van der Waals surface area contributed by atoms with E-state index in [2.05, 4.69) is 9.97 Å². The monoisotopic (exact) mass is 167 g/mol. The molecule has 1 rings (SSSR count). The molecule has 0 atom stereocenters. The zero-order chi connectivity index (χ0) is 9.56. The van der Waals surface area contributed by atoms with Gasteiger partial charge in [0.25, 0.3) is 0 Å². The molecule has 3 heteroatoms. The highest BCUT2D eigenvalue weighted by Gasteiger charge is 1.95. The summed E-state index contributed by atoms with van der Waals surface area (Å²) in [5.74, 6) is 0.853. The third kappa shape index (κ3) is 2.86. The van der Waals surface area contributed by atoms with Crippen molar-refractivity contribution < 1.29 is 0 Å². The Morgan fingerprint density at radius 3 is 2.42 bits per heavy atom. The lowest BCUT2D eigenvalue weighted by Gasteiger charge is -1.98. The molecule has 0 aliphatic carbocycles. The fourth-order valence-electron chi connectivity index (χ4n) is 0.695. The highest BCUT2D eigenvalue weighted by molar-refractivity contribution is 5.38. The van der Waals surface area contributed by atoms with Gasteiger partial charge in [-0.3, -0.25) is 0 Å². The number of hydrogen-bond acceptors (Lipinski definition) is 3. The van der Waals surface area contributed by atoms with Crippen molar-refractivity contribution in [2.75, 3.05) is 5.73 Å². The van der Waals surface area contributed by atoms with E-state index in [1.807, 2.05) is 27.7 Å². The number of nitrogen functional groups attached to an aromatic ring is 1. The third-order valence-corrected chi connectivity index (χ3v) is 1.38. The normalized spacial score (nSPS) is 8.67. The van der Waals surface area contributed by atoms with Gasteiger partial charge in [0.2, 0.25) is 0 Å². The standard InChI is InChI=1S/C7H11N3.C2H6/c1-3-7-9-4-6(8)5(2)10-7;1-2/h4H,3,8H2,1-2H3;1-2H3. The van der Waals surface area contributed by atoms with E-state index in [9.17, 15) is 0 Å². The Bertz CT molecular complexity index is 233. The molecule has 0 amide bonds. The molecule has 1 heterocycles. The Labute approximate surface area is 74.0 Å². The Morgan fingerprint density at radius 2 is 2.00 bits per heavy atom. The molecule has 0 fully saturated rings. The molecular weight excluding hydrogens is 150 g/mol. The molecule has 0 unspecified atom stereocenters. The van der Waals surface area contributed by atoms with Crippen molar-refractivity contribution in [3.63, 3.8) is 0 Å². The predicted octanol–water partition coefficient (Wildman–Crippen LogP) is 1.96. The molecular formula is C9H17N3. The first-order valence-corrected chi connectivity index (χ1v) is 4.32. The summed E-state index contributed by atoms with van der Waals surface area (Å²) >= 11 is 0. The lowest BCUT2D eigenvalue weighted by Crippen LogP contribution is -1.99. The Kier molecular flexibility index (Phi) is 5.00. The predicted molar refractivity (Wildman–Crippen MR) is 51.9 cm³/mol. The molecule has 1 aromatic rings. The van der Waals surface area contributed by atoms with Gasteiger partial charge in [-0.2, -0.15) is 0 Å². The lowest BCUT2D eigenvalue weighted by atomic mass is 10.3. The minimum atomic E-state index is 0.664. The summed E-state index contributed by atoms with van der Waals surface area (Å²) in [7, 11) is 0. The summed E-state index contributed by atoms with van der Waals surface area (Å²) in [6, 6.07) is 0. The average Bonchev–Trinajstić information content (AvgIpc) is 2.13. The van der Waals surface area contributed by atoms with Crippen LogP contribution in [0.5, 0.6) is 0 Å². The van der Waals surface area contributed by atoms with Crippen molar-refractivity contribution in [2.24, 2.45) is 0 Å². The summed E-state index contributed by atoms with van der Waals surface area (Å²) in [6.07, 6.45) is 2.52. The second-order valence-electron chi connectivity index (χ2n) is 2.18. The molecule has 2 N–H and O–H groups in total. The summed E-state index contributed by atoms with van der Waals surface area (Å²) in [5, 5.41) is 0. The van der Waals surface area contributed by atoms with E-state index < -0.39 is 0 Å². The van der Waals surface area contributed by atoms with E-state index in [-0.39, 0.29) is 0 Å². The van der Waals surface area contributed by atoms with E-state index in [1.54, 1.807) is 6.20 Å². The van der Waals surface area contributed by atoms with E-state index in [1.165, 1.54) is 0 Å². The molecule has 0 saturated heterocycles. The van der Waals surface area contributed by atoms with Gasteiger partial charge >= 0.3 is 0 Å². The maximum atomic E-state index is 5.52. The Balaban J connectivity index is 0.000000561. The van der Waals surface area contributed by atoms with Crippen LogP contribution in [0.1, 0.15) is 32.3 Å². The fraction of sp³-hybridized carbons (Fsp3) is 0.556. The Morgan fingerprint density at radius 1 is 1.42 bits per heavy atom. The number of aryl methyl sites for hydroxylation is 2. The average molecular weight is 167 g/mol. The van der Waals surface area contributed by atoms with Crippen molar-refractivity contribution in [2.45, 2.75) is 34.1 Å². The van der Waals surface area contributed by atoms with Crippen LogP contribution in [0.2, 0.25) is 0 Å². The number of nitrogens with two attached hydrogens (primary N) is 1. The lowest BCUT2D eigenvalue weighted by molar-refractivity contribution is 0.921. The third-order valence-electron chi connectivity index (χ3n) is 1.38. The van der Waals surface area contributed by atoms with E-state index in [4.69, 9.17) is 5.73 Å². The van der Waals surface area contributed by atoms with Gasteiger partial charge in [0.1, 0.15) is 5.82 Å². The van der Waals surface area contributed by atoms with Crippen molar-refractivity contribution >= 4 is 5.69 Å². The first-order chi connectivity index (χ1) is 5.74. The maximum Gasteiger partial charge on any atom is 0.128 e. The van der Waals surface area contributed by atoms with Gasteiger partial charge in [0.05, 0.1) is 17.6 Å².